The summed E-state index contributed by atoms with van der Waals surface area (Å²) in [6, 6.07) is 2.23. The monoisotopic (exact) mass is 408 g/mol. The fourth-order valence-electron chi connectivity index (χ4n) is 3.28. The van der Waals surface area contributed by atoms with Crippen LogP contribution in [-0.4, -0.2) is 76.4 Å². The summed E-state index contributed by atoms with van der Waals surface area (Å²) in [6.07, 6.45) is -0.212. The van der Waals surface area contributed by atoms with Gasteiger partial charge in [-0.3, -0.25) is 9.59 Å². The van der Waals surface area contributed by atoms with Gasteiger partial charge in [-0.1, -0.05) is 12.4 Å². The number of likely N-dealkylation sites (tertiary alicyclic amines) is 1. The molecule has 11 nitrogen and oxygen atoms in total. The van der Waals surface area contributed by atoms with Gasteiger partial charge in [0.1, 0.15) is 23.5 Å². The van der Waals surface area contributed by atoms with Crippen LogP contribution in [0.2, 0.25) is 6.32 Å². The molecule has 0 bridgehead atoms. The van der Waals surface area contributed by atoms with Crippen molar-refractivity contribution in [2.75, 3.05) is 19.6 Å². The summed E-state index contributed by atoms with van der Waals surface area (Å²) in [4.78, 5) is 36.3. The molecule has 1 fully saturated rings. The van der Waals surface area contributed by atoms with Crippen molar-refractivity contribution in [3.8, 4) is 11.5 Å². The minimum absolute atomic E-state index is 0.0180. The lowest BCUT2D eigenvalue weighted by Gasteiger charge is -2.41. The van der Waals surface area contributed by atoms with Gasteiger partial charge in [0.05, 0.1) is 18.8 Å². The Labute approximate surface area is 166 Å². The van der Waals surface area contributed by atoms with Gasteiger partial charge in [-0.15, -0.1) is 0 Å². The van der Waals surface area contributed by atoms with Crippen LogP contribution in [0.1, 0.15) is 22.8 Å². The predicted octanol–water partition coefficient (Wildman–Crippen LogP) is -1.70. The molecule has 1 aromatic carbocycles. The standard InChI is InChI=1S/C17H23BN3O8/c1-9(22)20-6-12(19)16(23)21-7-11(8-21)28-13-3-2-10-4-5-18(26,27)29-15(10)14(13)17(24)25/h2-3,11-12,26-27H,4-8,19H2,1H3,(H,20,22)(H,24,25)/q-1/t12-/m1/s1. The number of amides is 2. The first-order valence-electron chi connectivity index (χ1n) is 9.21. The van der Waals surface area contributed by atoms with Crippen LogP contribution in [0, 0.1) is 0 Å². The molecule has 29 heavy (non-hydrogen) atoms. The Bertz CT molecular complexity index is 840. The van der Waals surface area contributed by atoms with E-state index in [4.69, 9.17) is 15.1 Å². The number of benzene rings is 1. The second kappa shape index (κ2) is 7.89. The van der Waals surface area contributed by atoms with Gasteiger partial charge in [-0.2, -0.15) is 0 Å². The summed E-state index contributed by atoms with van der Waals surface area (Å²) in [7, 11) is 0. The molecule has 6 N–H and O–H groups in total. The summed E-state index contributed by atoms with van der Waals surface area (Å²) in [5.74, 6) is -2.06. The Morgan fingerprint density at radius 3 is 2.69 bits per heavy atom. The zero-order valence-corrected chi connectivity index (χ0v) is 15.8. The van der Waals surface area contributed by atoms with E-state index in [2.05, 4.69) is 5.32 Å². The summed E-state index contributed by atoms with van der Waals surface area (Å²) >= 11 is 0. The second-order valence-corrected chi connectivity index (χ2v) is 7.27. The molecule has 1 saturated heterocycles. The number of carbonyl (C=O) groups is 3. The first-order chi connectivity index (χ1) is 13.6. The lowest BCUT2D eigenvalue weighted by molar-refractivity contribution is -0.141. The van der Waals surface area contributed by atoms with Gasteiger partial charge >= 0.3 is 12.7 Å². The van der Waals surface area contributed by atoms with E-state index in [0.717, 1.165) is 0 Å². The van der Waals surface area contributed by atoms with Crippen molar-refractivity contribution in [2.24, 2.45) is 5.73 Å². The summed E-state index contributed by atoms with van der Waals surface area (Å²) in [6.45, 7) is -1.36. The van der Waals surface area contributed by atoms with E-state index in [0.29, 0.717) is 5.56 Å². The zero-order chi connectivity index (χ0) is 21.3. The Balaban J connectivity index is 1.66. The van der Waals surface area contributed by atoms with Crippen LogP contribution in [0.5, 0.6) is 11.5 Å². The van der Waals surface area contributed by atoms with Crippen LogP contribution in [0.3, 0.4) is 0 Å². The third-order valence-electron chi connectivity index (χ3n) is 4.85. The van der Waals surface area contributed by atoms with E-state index >= 15 is 0 Å². The Kier molecular flexibility index (Phi) is 5.69. The predicted molar refractivity (Wildman–Crippen MR) is 100 cm³/mol. The largest absolute Gasteiger partial charge is 0.669 e. The van der Waals surface area contributed by atoms with E-state index in [-0.39, 0.29) is 61.3 Å². The van der Waals surface area contributed by atoms with Gasteiger partial charge in [0.25, 0.3) is 0 Å². The number of carboxylic acid groups (broad SMARTS) is 1. The Morgan fingerprint density at radius 2 is 2.07 bits per heavy atom. The number of ether oxygens (including phenoxy) is 1. The fraction of sp³-hybridized carbons (Fsp3) is 0.471. The van der Waals surface area contributed by atoms with E-state index in [9.17, 15) is 29.5 Å². The number of carbonyl (C=O) groups excluding carboxylic acids is 2. The number of aromatic carboxylic acids is 1. The molecule has 2 aliphatic heterocycles. The molecule has 12 heteroatoms. The van der Waals surface area contributed by atoms with Crippen molar-refractivity contribution in [1.29, 1.82) is 0 Å². The van der Waals surface area contributed by atoms with Gasteiger partial charge in [0, 0.05) is 13.5 Å². The quantitative estimate of drug-likeness (QED) is 0.344. The molecule has 0 saturated carbocycles. The topological polar surface area (TPSA) is 172 Å². The SMILES string of the molecule is CC(=O)NC[C@@H](N)C(=O)N1CC(Oc2ccc3c(c2C(=O)O)O[B-](O)(O)CC3)C1. The van der Waals surface area contributed by atoms with Crippen molar-refractivity contribution in [3.05, 3.63) is 23.3 Å². The van der Waals surface area contributed by atoms with E-state index < -0.39 is 24.9 Å². The molecule has 0 unspecified atom stereocenters. The van der Waals surface area contributed by atoms with Crippen molar-refractivity contribution in [2.45, 2.75) is 31.8 Å². The second-order valence-electron chi connectivity index (χ2n) is 7.27. The number of nitrogens with zero attached hydrogens (tertiary/aromatic N) is 1. The van der Waals surface area contributed by atoms with Crippen molar-refractivity contribution in [3.63, 3.8) is 0 Å². The van der Waals surface area contributed by atoms with Crippen LogP contribution in [0.25, 0.3) is 0 Å². The Hall–Kier alpha value is -2.83. The van der Waals surface area contributed by atoms with Crippen molar-refractivity contribution < 1.29 is 38.9 Å². The van der Waals surface area contributed by atoms with Crippen LogP contribution in [0.15, 0.2) is 12.1 Å². The summed E-state index contributed by atoms with van der Waals surface area (Å²) in [5, 5.41) is 31.6. The highest BCUT2D eigenvalue weighted by Gasteiger charge is 2.37. The number of aryl methyl sites for hydroxylation is 1. The molecular weight excluding hydrogens is 385 g/mol. The van der Waals surface area contributed by atoms with E-state index in [1.165, 1.54) is 17.9 Å². The number of fused-ring (bicyclic) bond motifs is 1. The molecule has 0 aromatic heterocycles. The van der Waals surface area contributed by atoms with E-state index in [1.54, 1.807) is 6.07 Å². The van der Waals surface area contributed by atoms with Crippen LogP contribution < -0.4 is 20.4 Å². The average Bonchev–Trinajstić information content (AvgIpc) is 2.60. The molecule has 1 aromatic rings. The van der Waals surface area contributed by atoms with E-state index in [1.807, 2.05) is 0 Å². The van der Waals surface area contributed by atoms with Crippen LogP contribution >= 0.6 is 0 Å². The van der Waals surface area contributed by atoms with Crippen molar-refractivity contribution >= 4 is 24.5 Å². The lowest BCUT2D eigenvalue weighted by atomic mass is 9.70. The molecule has 2 amide bonds. The van der Waals surface area contributed by atoms with Crippen LogP contribution in [-0.2, 0) is 16.0 Å². The lowest BCUT2D eigenvalue weighted by Crippen LogP contribution is -2.61. The average molecular weight is 408 g/mol. The van der Waals surface area contributed by atoms with Gasteiger partial charge in [-0.05, 0) is 18.1 Å². The molecule has 2 aliphatic rings. The normalized spacial score (nSPS) is 18.7. The van der Waals surface area contributed by atoms with Crippen LogP contribution in [0.4, 0.5) is 0 Å². The first-order valence-corrected chi connectivity index (χ1v) is 9.21. The number of nitrogens with one attached hydrogen (secondary N) is 1. The third-order valence-corrected chi connectivity index (χ3v) is 4.85. The minimum atomic E-state index is -3.12. The highest BCUT2D eigenvalue weighted by atomic mass is 16.6. The van der Waals surface area contributed by atoms with Crippen molar-refractivity contribution in [1.82, 2.24) is 10.2 Å². The van der Waals surface area contributed by atoms with Gasteiger partial charge in [-0.25, -0.2) is 4.79 Å². The maximum atomic E-state index is 12.2. The molecule has 2 heterocycles. The van der Waals surface area contributed by atoms with Gasteiger partial charge in [0.2, 0.25) is 11.8 Å². The highest BCUT2D eigenvalue weighted by molar-refractivity contribution is 6.59. The molecule has 0 aliphatic carbocycles. The molecule has 0 spiro atoms. The number of nitrogens with two attached hydrogens (primary N) is 1. The molecule has 158 valence electrons. The Morgan fingerprint density at radius 1 is 1.38 bits per heavy atom. The maximum Gasteiger partial charge on any atom is 0.430 e. The maximum absolute atomic E-state index is 12.2. The number of rotatable bonds is 6. The molecule has 3 rings (SSSR count). The number of hydrogen-bond donors (Lipinski definition) is 5. The smallest absolute Gasteiger partial charge is 0.430 e. The zero-order valence-electron chi connectivity index (χ0n) is 15.8. The highest BCUT2D eigenvalue weighted by Crippen LogP contribution is 2.38. The summed E-state index contributed by atoms with van der Waals surface area (Å²) in [5.41, 5.74) is 6.01. The number of carboxylic acids is 1. The minimum Gasteiger partial charge on any atom is -0.669 e. The molecule has 1 atom stereocenters. The fourth-order valence-corrected chi connectivity index (χ4v) is 3.28. The molecule has 0 radical (unpaired) electrons. The third kappa shape index (κ3) is 4.61. The van der Waals surface area contributed by atoms with Gasteiger partial charge < -0.3 is 40.5 Å². The first kappa shape index (κ1) is 20.9. The molecular formula is C17H23BN3O8-. The summed E-state index contributed by atoms with van der Waals surface area (Å²) < 4.78 is 10.8. The van der Waals surface area contributed by atoms with Gasteiger partial charge in [0.15, 0.2) is 0 Å². The number of hydrogen-bond acceptors (Lipinski definition) is 8.